The number of benzene rings is 1. The van der Waals surface area contributed by atoms with Gasteiger partial charge in [0.2, 0.25) is 0 Å². The molecule has 0 unspecified atom stereocenters. The third-order valence-electron chi connectivity index (χ3n) is 2.11. The molecule has 0 spiro atoms. The molecule has 0 aliphatic rings. The summed E-state index contributed by atoms with van der Waals surface area (Å²) in [5.74, 6) is 0.791. The van der Waals surface area contributed by atoms with E-state index in [4.69, 9.17) is 4.74 Å². The Morgan fingerprint density at radius 2 is 2.07 bits per heavy atom. The molecular formula is C12H16O3. The summed E-state index contributed by atoms with van der Waals surface area (Å²) in [5, 5.41) is 9.26. The van der Waals surface area contributed by atoms with E-state index in [0.29, 0.717) is 13.0 Å². The fourth-order valence-electron chi connectivity index (χ4n) is 1.18. The van der Waals surface area contributed by atoms with Crippen molar-refractivity contribution in [1.82, 2.24) is 0 Å². The van der Waals surface area contributed by atoms with E-state index >= 15 is 0 Å². The molecule has 1 rings (SSSR count). The van der Waals surface area contributed by atoms with Crippen LogP contribution in [0.5, 0.6) is 5.75 Å². The van der Waals surface area contributed by atoms with Gasteiger partial charge < -0.3 is 14.6 Å². The van der Waals surface area contributed by atoms with Crippen molar-refractivity contribution in [1.29, 1.82) is 0 Å². The molecule has 15 heavy (non-hydrogen) atoms. The summed E-state index contributed by atoms with van der Waals surface area (Å²) in [7, 11) is 0. The molecule has 0 fully saturated rings. The van der Waals surface area contributed by atoms with Crippen LogP contribution in [0.25, 0.3) is 0 Å². The first-order valence-corrected chi connectivity index (χ1v) is 5.03. The Bertz CT molecular complexity index is 292. The topological polar surface area (TPSA) is 46.5 Å². The van der Waals surface area contributed by atoms with E-state index in [1.807, 2.05) is 31.2 Å². The summed E-state index contributed by atoms with van der Waals surface area (Å²) in [4.78, 5) is 10.1. The van der Waals surface area contributed by atoms with Crippen LogP contribution in [-0.4, -0.2) is 24.1 Å². The van der Waals surface area contributed by atoms with E-state index in [2.05, 4.69) is 0 Å². The Labute approximate surface area is 89.7 Å². The van der Waals surface area contributed by atoms with Gasteiger partial charge in [0.25, 0.3) is 0 Å². The Morgan fingerprint density at radius 3 is 2.67 bits per heavy atom. The van der Waals surface area contributed by atoms with Crippen molar-refractivity contribution in [2.75, 3.05) is 6.61 Å². The zero-order valence-electron chi connectivity index (χ0n) is 8.85. The lowest BCUT2D eigenvalue weighted by Gasteiger charge is -2.09. The van der Waals surface area contributed by atoms with Crippen LogP contribution in [0, 0.1) is 6.92 Å². The highest BCUT2D eigenvalue weighted by Crippen LogP contribution is 2.11. The van der Waals surface area contributed by atoms with E-state index in [1.54, 1.807) is 0 Å². The van der Waals surface area contributed by atoms with Crippen LogP contribution in [-0.2, 0) is 4.79 Å². The molecule has 0 aromatic heterocycles. The van der Waals surface area contributed by atoms with Crippen molar-refractivity contribution in [3.63, 3.8) is 0 Å². The second kappa shape index (κ2) is 6.19. The molecule has 0 radical (unpaired) electrons. The maximum atomic E-state index is 10.1. The Hall–Kier alpha value is -1.35. The SMILES string of the molecule is Cc1ccc(OCC[C@@H](O)CC=O)cc1. The van der Waals surface area contributed by atoms with Crippen LogP contribution >= 0.6 is 0 Å². The molecule has 0 amide bonds. The number of carbonyl (C=O) groups excluding carboxylic acids is 1. The van der Waals surface area contributed by atoms with E-state index in [0.717, 1.165) is 12.0 Å². The minimum Gasteiger partial charge on any atom is -0.493 e. The van der Waals surface area contributed by atoms with Crippen molar-refractivity contribution in [3.8, 4) is 5.75 Å². The zero-order valence-corrected chi connectivity index (χ0v) is 8.85. The highest BCUT2D eigenvalue weighted by molar-refractivity contribution is 5.49. The van der Waals surface area contributed by atoms with E-state index in [-0.39, 0.29) is 6.42 Å². The second-order valence-corrected chi connectivity index (χ2v) is 3.51. The molecule has 0 saturated carbocycles. The molecule has 0 saturated heterocycles. The Kier molecular flexibility index (Phi) is 4.84. The maximum Gasteiger partial charge on any atom is 0.122 e. The van der Waals surface area contributed by atoms with Crippen LogP contribution in [0.4, 0.5) is 0 Å². The van der Waals surface area contributed by atoms with Gasteiger partial charge in [0.15, 0.2) is 0 Å². The number of hydrogen-bond donors (Lipinski definition) is 1. The first-order valence-electron chi connectivity index (χ1n) is 5.03. The lowest BCUT2D eigenvalue weighted by molar-refractivity contribution is -0.109. The van der Waals surface area contributed by atoms with Crippen molar-refractivity contribution < 1.29 is 14.6 Å². The van der Waals surface area contributed by atoms with Crippen molar-refractivity contribution >= 4 is 6.29 Å². The van der Waals surface area contributed by atoms with Crippen LogP contribution < -0.4 is 4.74 Å². The molecule has 3 nitrogen and oxygen atoms in total. The van der Waals surface area contributed by atoms with Crippen molar-refractivity contribution in [2.24, 2.45) is 0 Å². The predicted octanol–water partition coefficient (Wildman–Crippen LogP) is 1.71. The van der Waals surface area contributed by atoms with Crippen LogP contribution in [0.2, 0.25) is 0 Å². The zero-order chi connectivity index (χ0) is 11.1. The van der Waals surface area contributed by atoms with Crippen molar-refractivity contribution in [3.05, 3.63) is 29.8 Å². The molecule has 0 aliphatic heterocycles. The number of hydrogen-bond acceptors (Lipinski definition) is 3. The molecule has 1 N–H and O–H groups in total. The first-order chi connectivity index (χ1) is 7.22. The average molecular weight is 208 g/mol. The van der Waals surface area contributed by atoms with Gasteiger partial charge in [-0.05, 0) is 19.1 Å². The monoisotopic (exact) mass is 208 g/mol. The van der Waals surface area contributed by atoms with E-state index < -0.39 is 6.10 Å². The lowest BCUT2D eigenvalue weighted by Crippen LogP contribution is -2.12. The Balaban J connectivity index is 2.25. The maximum absolute atomic E-state index is 10.1. The molecule has 0 aliphatic carbocycles. The number of rotatable bonds is 6. The Morgan fingerprint density at radius 1 is 1.40 bits per heavy atom. The van der Waals surface area contributed by atoms with Crippen molar-refractivity contribution in [2.45, 2.75) is 25.9 Å². The number of aliphatic hydroxyl groups excluding tert-OH is 1. The summed E-state index contributed by atoms with van der Waals surface area (Å²) in [6.07, 6.45) is 0.786. The molecule has 1 aromatic rings. The summed E-state index contributed by atoms with van der Waals surface area (Å²) < 4.78 is 5.40. The summed E-state index contributed by atoms with van der Waals surface area (Å²) in [5.41, 5.74) is 1.18. The predicted molar refractivity (Wildman–Crippen MR) is 58.0 cm³/mol. The normalized spacial score (nSPS) is 12.1. The van der Waals surface area contributed by atoms with Crippen LogP contribution in [0.15, 0.2) is 24.3 Å². The standard InChI is InChI=1S/C12H16O3/c1-10-2-4-12(5-3-10)15-9-7-11(14)6-8-13/h2-5,8,11,14H,6-7,9H2,1H3/t11-/m0/s1. The quantitative estimate of drug-likeness (QED) is 0.724. The number of aliphatic hydroxyl groups is 1. The molecular weight excluding hydrogens is 192 g/mol. The van der Waals surface area contributed by atoms with E-state index in [9.17, 15) is 9.90 Å². The fourth-order valence-corrected chi connectivity index (χ4v) is 1.18. The fraction of sp³-hybridized carbons (Fsp3) is 0.417. The minimum atomic E-state index is -0.590. The first kappa shape index (κ1) is 11.7. The molecule has 0 heterocycles. The highest BCUT2D eigenvalue weighted by atomic mass is 16.5. The van der Waals surface area contributed by atoms with Gasteiger partial charge in [0, 0.05) is 12.8 Å². The number of aldehydes is 1. The highest BCUT2D eigenvalue weighted by Gasteiger charge is 2.02. The molecule has 3 heteroatoms. The smallest absolute Gasteiger partial charge is 0.122 e. The summed E-state index contributed by atoms with van der Waals surface area (Å²) >= 11 is 0. The summed E-state index contributed by atoms with van der Waals surface area (Å²) in [6, 6.07) is 7.72. The molecule has 0 bridgehead atoms. The second-order valence-electron chi connectivity index (χ2n) is 3.51. The minimum absolute atomic E-state index is 0.178. The molecule has 1 aromatic carbocycles. The molecule has 82 valence electrons. The average Bonchev–Trinajstić information content (AvgIpc) is 2.21. The number of carbonyl (C=O) groups is 1. The number of ether oxygens (including phenoxy) is 1. The van der Waals surface area contributed by atoms with Crippen LogP contribution in [0.3, 0.4) is 0 Å². The molecule has 1 atom stereocenters. The van der Waals surface area contributed by atoms with Gasteiger partial charge in [0.1, 0.15) is 12.0 Å². The van der Waals surface area contributed by atoms with Gasteiger partial charge in [0.05, 0.1) is 12.7 Å². The van der Waals surface area contributed by atoms with Gasteiger partial charge in [-0.2, -0.15) is 0 Å². The number of aryl methyl sites for hydroxylation is 1. The van der Waals surface area contributed by atoms with Crippen LogP contribution in [0.1, 0.15) is 18.4 Å². The third-order valence-corrected chi connectivity index (χ3v) is 2.11. The van der Waals surface area contributed by atoms with Gasteiger partial charge in [-0.15, -0.1) is 0 Å². The van der Waals surface area contributed by atoms with Gasteiger partial charge in [-0.25, -0.2) is 0 Å². The lowest BCUT2D eigenvalue weighted by atomic mass is 10.2. The van der Waals surface area contributed by atoms with E-state index in [1.165, 1.54) is 5.56 Å². The van der Waals surface area contributed by atoms with Gasteiger partial charge >= 0.3 is 0 Å². The summed E-state index contributed by atoms with van der Waals surface area (Å²) in [6.45, 7) is 2.44. The third kappa shape index (κ3) is 4.61. The largest absolute Gasteiger partial charge is 0.493 e. The van der Waals surface area contributed by atoms with Gasteiger partial charge in [-0.1, -0.05) is 17.7 Å². The van der Waals surface area contributed by atoms with Gasteiger partial charge in [-0.3, -0.25) is 0 Å².